The van der Waals surface area contributed by atoms with Gasteiger partial charge in [0, 0.05) is 45.2 Å². The number of hydrogen-bond donors (Lipinski definition) is 0. The topological polar surface area (TPSA) is 3.24 Å². The van der Waals surface area contributed by atoms with Crippen LogP contribution in [0.3, 0.4) is 0 Å². The van der Waals surface area contributed by atoms with E-state index in [4.69, 9.17) is 0 Å². The molecule has 0 fully saturated rings. The summed E-state index contributed by atoms with van der Waals surface area (Å²) in [5.74, 6) is 0. The van der Waals surface area contributed by atoms with Crippen molar-refractivity contribution in [3.63, 3.8) is 0 Å². The molecular formula is C14H13NS3. The van der Waals surface area contributed by atoms with Gasteiger partial charge in [-0.2, -0.15) is 11.3 Å². The summed E-state index contributed by atoms with van der Waals surface area (Å²) in [6.07, 6.45) is 0. The van der Waals surface area contributed by atoms with E-state index in [9.17, 15) is 0 Å². The Morgan fingerprint density at radius 1 is 0.944 bits per heavy atom. The van der Waals surface area contributed by atoms with Crippen molar-refractivity contribution in [1.29, 1.82) is 0 Å². The zero-order valence-corrected chi connectivity index (χ0v) is 12.7. The molecule has 1 aromatic carbocycles. The average Bonchev–Trinajstić information content (AvgIpc) is 2.86. The molecule has 2 heterocycles. The van der Waals surface area contributed by atoms with Gasteiger partial charge in [0.05, 0.1) is 0 Å². The molecule has 3 rings (SSSR count). The van der Waals surface area contributed by atoms with Gasteiger partial charge in [-0.3, -0.25) is 0 Å². The number of nitrogens with zero attached hydrogens (tertiary/aromatic N) is 1. The highest BCUT2D eigenvalue weighted by Gasteiger charge is 2.14. The summed E-state index contributed by atoms with van der Waals surface area (Å²) in [5, 5.41) is 6.70. The Bertz CT molecular complexity index is 581. The van der Waals surface area contributed by atoms with E-state index in [0.717, 1.165) is 0 Å². The molecule has 0 bridgehead atoms. The molecule has 0 aliphatic carbocycles. The third-order valence-corrected chi connectivity index (χ3v) is 6.17. The third kappa shape index (κ3) is 2.32. The third-order valence-electron chi connectivity index (χ3n) is 2.77. The molecule has 0 saturated carbocycles. The van der Waals surface area contributed by atoms with Crippen LogP contribution in [-0.4, -0.2) is 14.1 Å². The van der Waals surface area contributed by atoms with Crippen LogP contribution >= 0.6 is 34.9 Å². The van der Waals surface area contributed by atoms with Gasteiger partial charge in [0.25, 0.3) is 0 Å². The van der Waals surface area contributed by atoms with E-state index in [1.807, 2.05) is 23.5 Å². The maximum atomic E-state index is 2.25. The molecule has 1 aliphatic rings. The Labute approximate surface area is 120 Å². The zero-order valence-electron chi connectivity index (χ0n) is 10.2. The van der Waals surface area contributed by atoms with E-state index in [1.165, 1.54) is 25.9 Å². The maximum absolute atomic E-state index is 2.25. The minimum atomic E-state index is 1.24. The predicted molar refractivity (Wildman–Crippen MR) is 84.8 cm³/mol. The van der Waals surface area contributed by atoms with Gasteiger partial charge in [-0.05, 0) is 23.1 Å². The molecule has 0 amide bonds. The SMILES string of the molecule is CN(C)c1ccc(C2=CSc3cscc3S2)cc1. The molecule has 1 aromatic heterocycles. The van der Waals surface area contributed by atoms with Crippen molar-refractivity contribution in [3.8, 4) is 0 Å². The lowest BCUT2D eigenvalue weighted by Gasteiger charge is -2.15. The Balaban J connectivity index is 1.85. The predicted octanol–water partition coefficient (Wildman–Crippen LogP) is 5.01. The second kappa shape index (κ2) is 5.03. The fourth-order valence-corrected chi connectivity index (χ4v) is 5.01. The molecule has 92 valence electrons. The van der Waals surface area contributed by atoms with Gasteiger partial charge < -0.3 is 4.90 Å². The Morgan fingerprint density at radius 2 is 1.67 bits per heavy atom. The molecule has 0 radical (unpaired) electrons. The molecule has 0 spiro atoms. The number of anilines is 1. The number of fused-ring (bicyclic) bond motifs is 1. The molecule has 0 atom stereocenters. The van der Waals surface area contributed by atoms with Crippen molar-refractivity contribution >= 4 is 45.5 Å². The van der Waals surface area contributed by atoms with Crippen molar-refractivity contribution < 1.29 is 0 Å². The Morgan fingerprint density at radius 3 is 2.39 bits per heavy atom. The normalized spacial score (nSPS) is 14.0. The van der Waals surface area contributed by atoms with Crippen LogP contribution in [0, 0.1) is 0 Å². The summed E-state index contributed by atoms with van der Waals surface area (Å²) in [6, 6.07) is 8.74. The van der Waals surface area contributed by atoms with Crippen molar-refractivity contribution in [2.45, 2.75) is 9.79 Å². The average molecular weight is 291 g/mol. The smallest absolute Gasteiger partial charge is 0.0369 e. The number of benzene rings is 1. The van der Waals surface area contributed by atoms with E-state index >= 15 is 0 Å². The van der Waals surface area contributed by atoms with E-state index in [-0.39, 0.29) is 0 Å². The zero-order chi connectivity index (χ0) is 12.5. The maximum Gasteiger partial charge on any atom is 0.0369 e. The van der Waals surface area contributed by atoms with Gasteiger partial charge >= 0.3 is 0 Å². The van der Waals surface area contributed by atoms with Crippen LogP contribution in [0.2, 0.25) is 0 Å². The summed E-state index contributed by atoms with van der Waals surface area (Å²) in [4.78, 5) is 6.24. The van der Waals surface area contributed by atoms with Crippen LogP contribution in [-0.2, 0) is 0 Å². The summed E-state index contributed by atoms with van der Waals surface area (Å²) < 4.78 is 0. The van der Waals surface area contributed by atoms with E-state index in [1.54, 1.807) is 11.3 Å². The highest BCUT2D eigenvalue weighted by atomic mass is 32.2. The van der Waals surface area contributed by atoms with Crippen LogP contribution in [0.15, 0.2) is 50.2 Å². The van der Waals surface area contributed by atoms with Crippen LogP contribution in [0.1, 0.15) is 5.56 Å². The number of hydrogen-bond acceptors (Lipinski definition) is 4. The molecule has 2 aromatic rings. The molecule has 0 saturated heterocycles. The van der Waals surface area contributed by atoms with Gasteiger partial charge in [0.15, 0.2) is 0 Å². The minimum absolute atomic E-state index is 1.24. The minimum Gasteiger partial charge on any atom is -0.378 e. The number of thioether (sulfide) groups is 2. The van der Waals surface area contributed by atoms with Crippen molar-refractivity contribution in [3.05, 3.63) is 46.0 Å². The van der Waals surface area contributed by atoms with E-state index in [2.05, 4.69) is 59.4 Å². The number of rotatable bonds is 2. The fourth-order valence-electron chi connectivity index (χ4n) is 1.74. The van der Waals surface area contributed by atoms with Gasteiger partial charge in [-0.15, -0.1) is 0 Å². The molecule has 1 aliphatic heterocycles. The summed E-state index contributed by atoms with van der Waals surface area (Å²) in [7, 11) is 4.13. The first-order valence-corrected chi connectivity index (χ1v) is 8.26. The second-order valence-electron chi connectivity index (χ2n) is 4.24. The Hall–Kier alpha value is -0.840. The first-order chi connectivity index (χ1) is 8.74. The highest BCUT2D eigenvalue weighted by Crippen LogP contribution is 2.47. The second-order valence-corrected chi connectivity index (χ2v) is 6.98. The number of thiophene rings is 1. The molecule has 18 heavy (non-hydrogen) atoms. The Kier molecular flexibility index (Phi) is 3.41. The first kappa shape index (κ1) is 12.2. The lowest BCUT2D eigenvalue weighted by molar-refractivity contribution is 1.13. The van der Waals surface area contributed by atoms with Crippen LogP contribution < -0.4 is 4.90 Å². The van der Waals surface area contributed by atoms with Gasteiger partial charge in [-0.25, -0.2) is 0 Å². The standard InChI is InChI=1S/C14H13NS3/c1-15(2)11-5-3-10(4-6-11)12-9-17-13-7-16-8-14(13)18-12/h3-9H,1-2H3. The van der Waals surface area contributed by atoms with Crippen LogP contribution in [0.5, 0.6) is 0 Å². The fraction of sp³-hybridized carbons (Fsp3) is 0.143. The van der Waals surface area contributed by atoms with Crippen molar-refractivity contribution in [1.82, 2.24) is 0 Å². The quantitative estimate of drug-likeness (QED) is 0.765. The summed E-state index contributed by atoms with van der Waals surface area (Å²) >= 11 is 5.47. The van der Waals surface area contributed by atoms with Crippen LogP contribution in [0.4, 0.5) is 5.69 Å². The lowest BCUT2D eigenvalue weighted by Crippen LogP contribution is -2.08. The highest BCUT2D eigenvalue weighted by molar-refractivity contribution is 8.12. The largest absolute Gasteiger partial charge is 0.378 e. The molecular weight excluding hydrogens is 278 g/mol. The molecule has 0 unspecified atom stereocenters. The van der Waals surface area contributed by atoms with Gasteiger partial charge in [0.1, 0.15) is 0 Å². The van der Waals surface area contributed by atoms with Crippen molar-refractivity contribution in [2.24, 2.45) is 0 Å². The van der Waals surface area contributed by atoms with E-state index < -0.39 is 0 Å². The van der Waals surface area contributed by atoms with E-state index in [0.29, 0.717) is 0 Å². The summed E-state index contributed by atoms with van der Waals surface area (Å²) in [6.45, 7) is 0. The van der Waals surface area contributed by atoms with Gasteiger partial charge in [0.2, 0.25) is 0 Å². The monoisotopic (exact) mass is 291 g/mol. The van der Waals surface area contributed by atoms with Crippen molar-refractivity contribution in [2.75, 3.05) is 19.0 Å². The molecule has 4 heteroatoms. The first-order valence-electron chi connectivity index (χ1n) is 5.62. The molecule has 1 nitrogen and oxygen atoms in total. The van der Waals surface area contributed by atoms with Gasteiger partial charge in [-0.1, -0.05) is 35.7 Å². The summed E-state index contributed by atoms with van der Waals surface area (Å²) in [5.41, 5.74) is 2.54. The van der Waals surface area contributed by atoms with Crippen LogP contribution in [0.25, 0.3) is 4.91 Å². The molecule has 0 N–H and O–H groups in total. The lowest BCUT2D eigenvalue weighted by atomic mass is 10.2.